The van der Waals surface area contributed by atoms with E-state index in [9.17, 15) is 8.42 Å². The van der Waals surface area contributed by atoms with Crippen molar-refractivity contribution in [2.45, 2.75) is 17.2 Å². The molecule has 1 unspecified atom stereocenters. The zero-order valence-corrected chi connectivity index (χ0v) is 15.8. The summed E-state index contributed by atoms with van der Waals surface area (Å²) in [7, 11) is -1.54. The number of benzene rings is 2. The molecule has 5 nitrogen and oxygen atoms in total. The average molecular weight is 372 g/mol. The van der Waals surface area contributed by atoms with Gasteiger partial charge in [0.1, 0.15) is 0 Å². The molecule has 1 N–H and O–H groups in total. The van der Waals surface area contributed by atoms with Gasteiger partial charge >= 0.3 is 0 Å². The molecule has 0 radical (unpaired) electrons. The van der Waals surface area contributed by atoms with Crippen LogP contribution in [0.4, 0.5) is 0 Å². The largest absolute Gasteiger partial charge is 0.355 e. The molecule has 0 spiro atoms. The summed E-state index contributed by atoms with van der Waals surface area (Å²) in [5, 5.41) is 3.21. The highest BCUT2D eigenvalue weighted by Gasteiger charge is 2.26. The molecule has 0 bridgehead atoms. The third-order valence-corrected chi connectivity index (χ3v) is 6.46. The molecule has 1 aliphatic rings. The third-order valence-electron chi connectivity index (χ3n) is 4.73. The highest BCUT2D eigenvalue weighted by molar-refractivity contribution is 7.91. The molecule has 138 valence electrons. The van der Waals surface area contributed by atoms with Gasteiger partial charge in [0.25, 0.3) is 0 Å². The fraction of sp³-hybridized carbons (Fsp3) is 0.350. The lowest BCUT2D eigenvalue weighted by atomic mass is 9.99. The van der Waals surface area contributed by atoms with Gasteiger partial charge in [0.05, 0.1) is 10.6 Å². The van der Waals surface area contributed by atoms with Gasteiger partial charge in [-0.2, -0.15) is 0 Å². The van der Waals surface area contributed by atoms with Crippen LogP contribution >= 0.6 is 0 Å². The van der Waals surface area contributed by atoms with E-state index in [-0.39, 0.29) is 5.75 Å². The summed E-state index contributed by atoms with van der Waals surface area (Å²) in [6, 6.07) is 19.1. The molecule has 6 heteroatoms. The maximum absolute atomic E-state index is 12.4. The van der Waals surface area contributed by atoms with Crippen LogP contribution in [-0.4, -0.2) is 51.7 Å². The van der Waals surface area contributed by atoms with Gasteiger partial charge in [-0.05, 0) is 24.1 Å². The Morgan fingerprint density at radius 3 is 2.42 bits per heavy atom. The van der Waals surface area contributed by atoms with Gasteiger partial charge in [0.2, 0.25) is 0 Å². The highest BCUT2D eigenvalue weighted by atomic mass is 32.2. The molecule has 1 atom stereocenters. The molecule has 2 aromatic rings. The quantitative estimate of drug-likeness (QED) is 0.648. The van der Waals surface area contributed by atoms with E-state index in [1.165, 1.54) is 5.56 Å². The van der Waals surface area contributed by atoms with Gasteiger partial charge in [-0.25, -0.2) is 8.42 Å². The molecular formula is C20H25N3O2S. The summed E-state index contributed by atoms with van der Waals surface area (Å²) in [6.07, 6.45) is 1.08. The zero-order valence-electron chi connectivity index (χ0n) is 15.0. The molecule has 0 aliphatic carbocycles. The monoisotopic (exact) mass is 371 g/mol. The molecule has 0 saturated carbocycles. The van der Waals surface area contributed by atoms with E-state index < -0.39 is 9.84 Å². The van der Waals surface area contributed by atoms with Crippen molar-refractivity contribution >= 4 is 15.8 Å². The lowest BCUT2D eigenvalue weighted by Gasteiger charge is -2.21. The first-order valence-corrected chi connectivity index (χ1v) is 10.5. The standard InChI is InChI=1S/C20H25N3O2S/c1-21-20(22-13-15-26(24,25)19-10-6-3-7-11-19)23-14-12-18(16-23)17-8-4-2-5-9-17/h2-11,18H,12-16H2,1H3,(H,21,22). The van der Waals surface area contributed by atoms with Crippen molar-refractivity contribution < 1.29 is 8.42 Å². The number of nitrogens with one attached hydrogen (secondary N) is 1. The van der Waals surface area contributed by atoms with E-state index >= 15 is 0 Å². The van der Waals surface area contributed by atoms with Gasteiger partial charge in [-0.3, -0.25) is 4.99 Å². The summed E-state index contributed by atoms with van der Waals surface area (Å²) in [5.41, 5.74) is 1.34. The van der Waals surface area contributed by atoms with E-state index in [1.54, 1.807) is 31.3 Å². The number of hydrogen-bond acceptors (Lipinski definition) is 3. The lowest BCUT2D eigenvalue weighted by molar-refractivity contribution is 0.488. The topological polar surface area (TPSA) is 61.8 Å². The van der Waals surface area contributed by atoms with Crippen LogP contribution in [0.2, 0.25) is 0 Å². The fourth-order valence-corrected chi connectivity index (χ4v) is 4.50. The molecule has 1 saturated heterocycles. The van der Waals surface area contributed by atoms with E-state index in [0.717, 1.165) is 25.5 Å². The minimum atomic E-state index is -3.28. The Morgan fingerprint density at radius 1 is 1.12 bits per heavy atom. The molecule has 1 fully saturated rings. The second-order valence-electron chi connectivity index (χ2n) is 6.45. The molecule has 0 aromatic heterocycles. The van der Waals surface area contributed by atoms with Crippen molar-refractivity contribution in [1.29, 1.82) is 0 Å². The van der Waals surface area contributed by atoms with Crippen LogP contribution in [0.15, 0.2) is 70.6 Å². The van der Waals surface area contributed by atoms with E-state index in [2.05, 4.69) is 39.5 Å². The van der Waals surface area contributed by atoms with Crippen molar-refractivity contribution in [3.05, 3.63) is 66.2 Å². The van der Waals surface area contributed by atoms with Crippen LogP contribution in [-0.2, 0) is 9.84 Å². The maximum Gasteiger partial charge on any atom is 0.193 e. The summed E-state index contributed by atoms with van der Waals surface area (Å²) in [5.74, 6) is 1.31. The SMILES string of the molecule is CN=C(NCCS(=O)(=O)c1ccccc1)N1CCC(c2ccccc2)C1. The molecular weight excluding hydrogens is 346 g/mol. The van der Waals surface area contributed by atoms with Crippen molar-refractivity contribution in [3.8, 4) is 0 Å². The Labute approximate surface area is 155 Å². The third kappa shape index (κ3) is 4.43. The number of aliphatic imine (C=N–C) groups is 1. The van der Waals surface area contributed by atoms with E-state index in [0.29, 0.717) is 17.4 Å². The van der Waals surface area contributed by atoms with Crippen molar-refractivity contribution in [2.75, 3.05) is 32.4 Å². The van der Waals surface area contributed by atoms with Gasteiger partial charge in [0.15, 0.2) is 15.8 Å². The molecule has 1 aliphatic heterocycles. The Kier molecular flexibility index (Phi) is 5.93. The number of hydrogen-bond donors (Lipinski definition) is 1. The minimum absolute atomic E-state index is 0.0476. The van der Waals surface area contributed by atoms with Crippen LogP contribution in [0.5, 0.6) is 0 Å². The van der Waals surface area contributed by atoms with Crippen LogP contribution in [0.25, 0.3) is 0 Å². The van der Waals surface area contributed by atoms with Gasteiger partial charge in [-0.15, -0.1) is 0 Å². The van der Waals surface area contributed by atoms with Crippen molar-refractivity contribution in [3.63, 3.8) is 0 Å². The fourth-order valence-electron chi connectivity index (χ4n) is 3.33. The Balaban J connectivity index is 1.54. The van der Waals surface area contributed by atoms with E-state index in [1.807, 2.05) is 12.1 Å². The van der Waals surface area contributed by atoms with Crippen molar-refractivity contribution in [1.82, 2.24) is 10.2 Å². The summed E-state index contributed by atoms with van der Waals surface area (Å²) in [4.78, 5) is 6.89. The molecule has 2 aromatic carbocycles. The van der Waals surface area contributed by atoms with Gasteiger partial charge in [-0.1, -0.05) is 48.5 Å². The summed E-state index contributed by atoms with van der Waals surface area (Å²) in [6.45, 7) is 2.16. The Morgan fingerprint density at radius 2 is 1.77 bits per heavy atom. The number of sulfone groups is 1. The van der Waals surface area contributed by atoms with Crippen LogP contribution in [0, 0.1) is 0 Å². The first-order valence-electron chi connectivity index (χ1n) is 8.88. The van der Waals surface area contributed by atoms with Crippen molar-refractivity contribution in [2.24, 2.45) is 4.99 Å². The average Bonchev–Trinajstić information content (AvgIpc) is 3.16. The summed E-state index contributed by atoms with van der Waals surface area (Å²) < 4.78 is 24.7. The smallest absolute Gasteiger partial charge is 0.193 e. The number of likely N-dealkylation sites (tertiary alicyclic amines) is 1. The predicted molar refractivity (Wildman–Crippen MR) is 105 cm³/mol. The van der Waals surface area contributed by atoms with Crippen LogP contribution < -0.4 is 5.32 Å². The van der Waals surface area contributed by atoms with Gasteiger partial charge in [0, 0.05) is 32.6 Å². The Bertz CT molecular complexity index is 836. The van der Waals surface area contributed by atoms with Gasteiger partial charge < -0.3 is 10.2 Å². The normalized spacial score (nSPS) is 18.1. The number of guanidine groups is 1. The van der Waals surface area contributed by atoms with Crippen LogP contribution in [0.3, 0.4) is 0 Å². The second-order valence-corrected chi connectivity index (χ2v) is 8.56. The number of rotatable bonds is 5. The molecule has 0 amide bonds. The highest BCUT2D eigenvalue weighted by Crippen LogP contribution is 2.26. The molecule has 3 rings (SSSR count). The molecule has 26 heavy (non-hydrogen) atoms. The van der Waals surface area contributed by atoms with E-state index in [4.69, 9.17) is 0 Å². The minimum Gasteiger partial charge on any atom is -0.355 e. The number of nitrogens with zero attached hydrogens (tertiary/aromatic N) is 2. The predicted octanol–water partition coefficient (Wildman–Crippen LogP) is 2.53. The second kappa shape index (κ2) is 8.36. The first kappa shape index (κ1) is 18.5. The maximum atomic E-state index is 12.4. The Hall–Kier alpha value is -2.34. The molecule has 1 heterocycles. The zero-order chi connectivity index (χ0) is 18.4. The first-order chi connectivity index (χ1) is 12.6. The lowest BCUT2D eigenvalue weighted by Crippen LogP contribution is -2.41. The van der Waals surface area contributed by atoms with Crippen LogP contribution in [0.1, 0.15) is 17.9 Å². The summed E-state index contributed by atoms with van der Waals surface area (Å²) >= 11 is 0.